The molecule has 20 nitrogen and oxygen atoms in total. The van der Waals surface area contributed by atoms with Crippen molar-refractivity contribution in [3.8, 4) is 5.69 Å². The van der Waals surface area contributed by atoms with E-state index in [1.165, 1.54) is 39.8 Å². The van der Waals surface area contributed by atoms with E-state index in [1.807, 2.05) is 18.2 Å². The van der Waals surface area contributed by atoms with Crippen molar-refractivity contribution in [1.82, 2.24) is 35.4 Å². The number of pyridine rings is 1. The van der Waals surface area contributed by atoms with Gasteiger partial charge in [0.05, 0.1) is 39.4 Å². The van der Waals surface area contributed by atoms with Gasteiger partial charge in [-0.3, -0.25) is 34.4 Å². The third-order valence-corrected chi connectivity index (χ3v) is 13.0. The number of likely N-dealkylation sites (tertiary alicyclic amines) is 1. The molecule has 6 rings (SSSR count). The van der Waals surface area contributed by atoms with Crippen molar-refractivity contribution in [2.75, 3.05) is 18.8 Å². The Labute approximate surface area is 404 Å². The van der Waals surface area contributed by atoms with Gasteiger partial charge in [-0.25, -0.2) is 19.6 Å². The lowest BCUT2D eigenvalue weighted by Crippen LogP contribution is -2.56. The number of piperidine rings is 1. The molecule has 4 atom stereocenters. The molecule has 370 valence electrons. The number of benzene rings is 2. The Hall–Kier alpha value is -6.61. The first-order chi connectivity index (χ1) is 33.0. The van der Waals surface area contributed by atoms with Crippen LogP contribution in [0.4, 0.5) is 21.0 Å². The molecule has 2 aromatic carbocycles. The highest BCUT2D eigenvalue weighted by molar-refractivity contribution is 7.99. The SMILES string of the molecule is CC(C)(C)OC(=O)NC1CCN(C(=O)O[C@@H](Cc2ccccc2)C(=O)N[C@@H](Cc2cncn2-c2ccc([N+](=O)[O-])cc2[N+](=O)[O-])C(=O)N[C@@H](CC2CCCCC2)[C@@H](O)CCSc2ccccn2)CC1. The normalized spacial score (nSPS) is 16.3. The number of thioether (sulfide) groups is 1. The van der Waals surface area contributed by atoms with Crippen LogP contribution in [0.5, 0.6) is 0 Å². The summed E-state index contributed by atoms with van der Waals surface area (Å²) in [5.41, 5.74) is -0.959. The highest BCUT2D eigenvalue weighted by Gasteiger charge is 2.35. The van der Waals surface area contributed by atoms with Crippen LogP contribution in [0.15, 0.2) is 90.5 Å². The van der Waals surface area contributed by atoms with Crippen LogP contribution in [0, 0.1) is 26.1 Å². The van der Waals surface area contributed by atoms with Gasteiger partial charge in [-0.05, 0) is 76.1 Å². The fourth-order valence-electron chi connectivity index (χ4n) is 8.54. The Bertz CT molecular complexity index is 2370. The molecule has 3 heterocycles. The van der Waals surface area contributed by atoms with Gasteiger partial charge >= 0.3 is 12.2 Å². The van der Waals surface area contributed by atoms with Crippen LogP contribution in [0.2, 0.25) is 0 Å². The third-order valence-electron chi connectivity index (χ3n) is 12.1. The first-order valence-electron chi connectivity index (χ1n) is 23.3. The number of hydrogen-bond donors (Lipinski definition) is 4. The number of aromatic nitrogens is 3. The number of nitro groups is 2. The lowest BCUT2D eigenvalue weighted by Gasteiger charge is -2.33. The Morgan fingerprint density at radius 2 is 1.62 bits per heavy atom. The van der Waals surface area contributed by atoms with Crippen LogP contribution in [0.25, 0.3) is 5.69 Å². The van der Waals surface area contributed by atoms with E-state index in [2.05, 4.69) is 25.9 Å². The number of carbonyl (C=O) groups excluding carboxylic acids is 4. The molecule has 21 heteroatoms. The highest BCUT2D eigenvalue weighted by Crippen LogP contribution is 2.31. The van der Waals surface area contributed by atoms with E-state index in [1.54, 1.807) is 57.3 Å². The molecule has 4 N–H and O–H groups in total. The number of nitrogens with one attached hydrogen (secondary N) is 3. The van der Waals surface area contributed by atoms with Gasteiger partial charge in [-0.2, -0.15) is 0 Å². The van der Waals surface area contributed by atoms with Crippen molar-refractivity contribution in [3.63, 3.8) is 0 Å². The van der Waals surface area contributed by atoms with Crippen LogP contribution < -0.4 is 16.0 Å². The number of carbonyl (C=O) groups is 4. The average Bonchev–Trinajstić information content (AvgIpc) is 3.79. The van der Waals surface area contributed by atoms with Crippen LogP contribution in [-0.2, 0) is 31.9 Å². The number of ether oxygens (including phenoxy) is 2. The van der Waals surface area contributed by atoms with Crippen molar-refractivity contribution in [1.29, 1.82) is 0 Å². The van der Waals surface area contributed by atoms with Crippen LogP contribution in [-0.4, -0.2) is 113 Å². The molecule has 1 aliphatic heterocycles. The predicted octanol–water partition coefficient (Wildman–Crippen LogP) is 6.85. The van der Waals surface area contributed by atoms with Crippen molar-refractivity contribution in [2.45, 2.75) is 132 Å². The number of aliphatic hydroxyl groups is 1. The Kier molecular flexibility index (Phi) is 18.5. The molecule has 2 fully saturated rings. The van der Waals surface area contributed by atoms with E-state index in [-0.39, 0.29) is 49.3 Å². The highest BCUT2D eigenvalue weighted by atomic mass is 32.2. The first-order valence-corrected chi connectivity index (χ1v) is 24.3. The summed E-state index contributed by atoms with van der Waals surface area (Å²) in [6.45, 7) is 5.72. The summed E-state index contributed by atoms with van der Waals surface area (Å²) in [7, 11) is 0. The molecule has 1 saturated carbocycles. The van der Waals surface area contributed by atoms with E-state index in [9.17, 15) is 44.5 Å². The number of hydrogen-bond acceptors (Lipinski definition) is 14. The Morgan fingerprint density at radius 1 is 0.899 bits per heavy atom. The van der Waals surface area contributed by atoms with E-state index >= 15 is 0 Å². The van der Waals surface area contributed by atoms with Crippen LogP contribution in [0.3, 0.4) is 0 Å². The van der Waals surface area contributed by atoms with Crippen molar-refractivity contribution >= 4 is 47.1 Å². The number of nitro benzene ring substituents is 2. The standard InChI is InChI=1S/C48H61N9O11S/c1-48(2,3)68-46(61)51-34-19-23-54(24-20-34)47(62)67-42(27-33-14-8-5-9-15-33)45(60)53-38(28-36-30-49-31-55(36)39-18-17-35(56(63)64)29-40(39)57(65)66)44(59)52-37(26-32-12-6-4-7-13-32)41(58)21-25-69-43-16-10-11-22-50-43/h5,8-11,14-18,22,29-32,34,37-38,41-42,58H,4,6-7,12-13,19-21,23-28H2,1-3H3,(H,51,61)(H,52,59)(H,53,60)/t37-,38-,41-,42-/m0/s1. The Balaban J connectivity index is 1.27. The molecule has 2 aliphatic rings. The third kappa shape index (κ3) is 15.7. The molecular formula is C48H61N9O11S. The van der Waals surface area contributed by atoms with Gasteiger partial charge in [0.25, 0.3) is 17.3 Å². The summed E-state index contributed by atoms with van der Waals surface area (Å²) in [5.74, 6) is -0.743. The van der Waals surface area contributed by atoms with E-state index < -0.39 is 75.1 Å². The fourth-order valence-corrected chi connectivity index (χ4v) is 9.42. The minimum absolute atomic E-state index is 0.0622. The van der Waals surface area contributed by atoms with Crippen molar-refractivity contribution in [3.05, 3.63) is 117 Å². The minimum Gasteiger partial charge on any atom is -0.444 e. The lowest BCUT2D eigenvalue weighted by molar-refractivity contribution is -0.394. The lowest BCUT2D eigenvalue weighted by atomic mass is 9.83. The first kappa shape index (κ1) is 51.8. The summed E-state index contributed by atoms with van der Waals surface area (Å²) in [6, 6.07) is 15.2. The smallest absolute Gasteiger partial charge is 0.410 e. The molecule has 1 saturated heterocycles. The number of amides is 4. The maximum Gasteiger partial charge on any atom is 0.410 e. The molecular weight excluding hydrogens is 911 g/mol. The van der Waals surface area contributed by atoms with Gasteiger partial charge in [-0.1, -0.05) is 68.5 Å². The van der Waals surface area contributed by atoms with Crippen molar-refractivity contribution < 1.29 is 43.6 Å². The average molecular weight is 972 g/mol. The second-order valence-electron chi connectivity index (χ2n) is 18.4. The quantitative estimate of drug-likeness (QED) is 0.0401. The maximum absolute atomic E-state index is 14.8. The molecule has 4 aromatic rings. The largest absolute Gasteiger partial charge is 0.444 e. The predicted molar refractivity (Wildman–Crippen MR) is 256 cm³/mol. The van der Waals surface area contributed by atoms with Crippen LogP contribution in [0.1, 0.15) is 89.8 Å². The zero-order valence-corrected chi connectivity index (χ0v) is 39.9. The summed E-state index contributed by atoms with van der Waals surface area (Å²) in [5, 5.41) is 45.1. The number of imidazole rings is 1. The van der Waals surface area contributed by atoms with Crippen molar-refractivity contribution in [2.24, 2.45) is 5.92 Å². The van der Waals surface area contributed by atoms with Gasteiger partial charge in [0.15, 0.2) is 6.10 Å². The number of alkyl carbamates (subject to hydrolysis) is 1. The number of aliphatic hydroxyl groups excluding tert-OH is 1. The zero-order valence-electron chi connectivity index (χ0n) is 39.1. The van der Waals surface area contributed by atoms with E-state index in [4.69, 9.17) is 9.47 Å². The number of nitrogens with zero attached hydrogens (tertiary/aromatic N) is 6. The van der Waals surface area contributed by atoms with Gasteiger partial charge < -0.3 is 35.4 Å². The van der Waals surface area contributed by atoms with Gasteiger partial charge in [0, 0.05) is 61.9 Å². The fraction of sp³-hybridized carbons (Fsp3) is 0.500. The molecule has 0 radical (unpaired) electrons. The molecule has 4 amide bonds. The summed E-state index contributed by atoms with van der Waals surface area (Å²) in [6.07, 6.45) is 6.82. The molecule has 69 heavy (non-hydrogen) atoms. The number of non-ortho nitro benzene ring substituents is 1. The monoisotopic (exact) mass is 971 g/mol. The maximum atomic E-state index is 14.8. The molecule has 0 spiro atoms. The van der Waals surface area contributed by atoms with Gasteiger partial charge in [0.2, 0.25) is 5.91 Å². The van der Waals surface area contributed by atoms with Gasteiger partial charge in [-0.15, -0.1) is 11.8 Å². The van der Waals surface area contributed by atoms with Gasteiger partial charge in [0.1, 0.15) is 17.3 Å². The summed E-state index contributed by atoms with van der Waals surface area (Å²) < 4.78 is 12.7. The molecule has 1 aliphatic carbocycles. The molecule has 0 bridgehead atoms. The second kappa shape index (κ2) is 24.6. The minimum atomic E-state index is -1.44. The van der Waals surface area contributed by atoms with E-state index in [0.717, 1.165) is 49.3 Å². The zero-order chi connectivity index (χ0) is 49.5. The second-order valence-corrected chi connectivity index (χ2v) is 19.5. The van der Waals surface area contributed by atoms with Crippen LogP contribution >= 0.6 is 11.8 Å². The Morgan fingerprint density at radius 3 is 2.29 bits per heavy atom. The molecule has 2 aromatic heterocycles. The summed E-state index contributed by atoms with van der Waals surface area (Å²) >= 11 is 1.47. The summed E-state index contributed by atoms with van der Waals surface area (Å²) in [4.78, 5) is 88.0. The molecule has 0 unspecified atom stereocenters. The number of rotatable bonds is 20. The van der Waals surface area contributed by atoms with E-state index in [0.29, 0.717) is 37.0 Å². The topological polar surface area (TPSA) is 263 Å².